The number of likely N-dealkylation sites (tertiary alicyclic amines) is 2. The van der Waals surface area contributed by atoms with Crippen molar-refractivity contribution in [2.24, 2.45) is 5.41 Å². The number of nitrogens with one attached hydrogen (secondary N) is 1. The van der Waals surface area contributed by atoms with Crippen LogP contribution in [0.5, 0.6) is 0 Å². The summed E-state index contributed by atoms with van der Waals surface area (Å²) in [6.07, 6.45) is 5.82. The van der Waals surface area contributed by atoms with Crippen molar-refractivity contribution in [3.8, 4) is 0 Å². The van der Waals surface area contributed by atoms with Gasteiger partial charge in [-0.3, -0.25) is 9.28 Å². The fourth-order valence-electron chi connectivity index (χ4n) is 7.43. The Morgan fingerprint density at radius 1 is 1.14 bits per heavy atom. The summed E-state index contributed by atoms with van der Waals surface area (Å²) in [5.41, 5.74) is 2.83. The number of hydrogen-bond donors (Lipinski definition) is 1. The van der Waals surface area contributed by atoms with Gasteiger partial charge in [0.15, 0.2) is 0 Å². The second kappa shape index (κ2) is 9.32. The number of hydrogen-bond acceptors (Lipinski definition) is 4. The molecule has 198 valence electrons. The van der Waals surface area contributed by atoms with E-state index in [1.807, 2.05) is 25.7 Å². The molecule has 4 fully saturated rings. The lowest BCUT2D eigenvalue weighted by Crippen LogP contribution is -2.59. The smallest absolute Gasteiger partial charge is 0.410 e. The van der Waals surface area contributed by atoms with Gasteiger partial charge < -0.3 is 19.9 Å². The van der Waals surface area contributed by atoms with Crippen LogP contribution < -0.4 is 14.7 Å². The molecule has 5 rings (SSSR count). The Balaban J connectivity index is 1.31. The fourth-order valence-corrected chi connectivity index (χ4v) is 7.43. The van der Waals surface area contributed by atoms with Gasteiger partial charge in [-0.1, -0.05) is 0 Å². The summed E-state index contributed by atoms with van der Waals surface area (Å²) in [5, 5.41) is 3.59. The maximum atomic E-state index is 13.8. The standard InChI is InChI=1S/C29H45N4O3/c1-21-19-23(33(18-6-7-22(33)2)24-10-14-30-20-24)8-9-25(21)32-17-13-29(26(32)34)11-15-31(16-12-29)27(35)36-28(3,4)5/h8-9,19,22,24,30H,6-7,10-18,20H2,1-5H3/q+1. The van der Waals surface area contributed by atoms with Gasteiger partial charge in [-0.2, -0.15) is 0 Å². The van der Waals surface area contributed by atoms with Crippen LogP contribution in [0.15, 0.2) is 18.2 Å². The number of quaternary nitrogens is 1. The molecule has 2 amide bonds. The summed E-state index contributed by atoms with van der Waals surface area (Å²) in [4.78, 5) is 30.1. The quantitative estimate of drug-likeness (QED) is 0.620. The molecule has 4 saturated heterocycles. The number of nitrogens with zero attached hydrogens (tertiary/aromatic N) is 3. The Kier molecular flexibility index (Phi) is 6.61. The van der Waals surface area contributed by atoms with E-state index in [-0.39, 0.29) is 17.4 Å². The zero-order valence-electron chi connectivity index (χ0n) is 22.9. The average Bonchev–Trinajstić information content (AvgIpc) is 3.55. The molecule has 0 aromatic heterocycles. The number of anilines is 1. The van der Waals surface area contributed by atoms with Crippen LogP contribution in [0, 0.1) is 12.3 Å². The zero-order valence-corrected chi connectivity index (χ0v) is 22.9. The van der Waals surface area contributed by atoms with Crippen LogP contribution in [0.4, 0.5) is 16.2 Å². The van der Waals surface area contributed by atoms with Crippen LogP contribution in [0.25, 0.3) is 0 Å². The second-order valence-electron chi connectivity index (χ2n) is 12.7. The maximum absolute atomic E-state index is 13.8. The lowest BCUT2D eigenvalue weighted by molar-refractivity contribution is -0.128. The predicted octanol–water partition coefficient (Wildman–Crippen LogP) is 4.60. The van der Waals surface area contributed by atoms with Crippen molar-refractivity contribution in [1.82, 2.24) is 14.7 Å². The van der Waals surface area contributed by atoms with Crippen LogP contribution >= 0.6 is 0 Å². The first-order valence-corrected chi connectivity index (χ1v) is 14.1. The van der Waals surface area contributed by atoms with Crippen LogP contribution in [-0.4, -0.2) is 73.9 Å². The molecule has 3 unspecified atom stereocenters. The third-order valence-electron chi connectivity index (χ3n) is 9.46. The molecule has 0 saturated carbocycles. The predicted molar refractivity (Wildman–Crippen MR) is 144 cm³/mol. The number of aryl methyl sites for hydroxylation is 1. The average molecular weight is 498 g/mol. The highest BCUT2D eigenvalue weighted by atomic mass is 16.6. The van der Waals surface area contributed by atoms with Crippen molar-refractivity contribution in [3.63, 3.8) is 0 Å². The molecule has 7 heteroatoms. The van der Waals surface area contributed by atoms with Gasteiger partial charge in [-0.25, -0.2) is 4.79 Å². The summed E-state index contributed by atoms with van der Waals surface area (Å²) in [6.45, 7) is 15.6. The first-order valence-electron chi connectivity index (χ1n) is 14.1. The van der Waals surface area contributed by atoms with Crippen molar-refractivity contribution < 1.29 is 14.3 Å². The van der Waals surface area contributed by atoms with E-state index in [0.29, 0.717) is 38.0 Å². The van der Waals surface area contributed by atoms with Gasteiger partial charge in [0, 0.05) is 69.8 Å². The van der Waals surface area contributed by atoms with Gasteiger partial charge in [0.25, 0.3) is 0 Å². The minimum atomic E-state index is -0.502. The van der Waals surface area contributed by atoms with Crippen LogP contribution in [-0.2, 0) is 9.53 Å². The third kappa shape index (κ3) is 4.32. The number of amides is 2. The first kappa shape index (κ1) is 25.5. The molecule has 7 nitrogen and oxygen atoms in total. The summed E-state index contributed by atoms with van der Waals surface area (Å²) in [7, 11) is 0. The highest BCUT2D eigenvalue weighted by Gasteiger charge is 2.51. The van der Waals surface area contributed by atoms with Crippen molar-refractivity contribution in [1.29, 1.82) is 0 Å². The van der Waals surface area contributed by atoms with E-state index >= 15 is 0 Å². The molecule has 4 heterocycles. The molecular formula is C29H45N4O3+. The Morgan fingerprint density at radius 3 is 2.44 bits per heavy atom. The van der Waals surface area contributed by atoms with E-state index in [1.165, 1.54) is 37.1 Å². The van der Waals surface area contributed by atoms with Gasteiger partial charge >= 0.3 is 6.09 Å². The highest BCUT2D eigenvalue weighted by molar-refractivity contribution is 6.00. The first-order chi connectivity index (χ1) is 17.1. The molecular weight excluding hydrogens is 452 g/mol. The van der Waals surface area contributed by atoms with E-state index in [0.717, 1.165) is 36.2 Å². The van der Waals surface area contributed by atoms with Crippen LogP contribution in [0.3, 0.4) is 0 Å². The van der Waals surface area contributed by atoms with Crippen molar-refractivity contribution in [3.05, 3.63) is 23.8 Å². The Morgan fingerprint density at radius 2 is 1.86 bits per heavy atom. The molecule has 3 atom stereocenters. The number of piperidine rings is 1. The summed E-state index contributed by atoms with van der Waals surface area (Å²) in [6, 6.07) is 8.17. The molecule has 0 aliphatic carbocycles. The van der Waals surface area contributed by atoms with Gasteiger partial charge in [-0.15, -0.1) is 0 Å². The van der Waals surface area contributed by atoms with Crippen molar-refractivity contribution >= 4 is 23.4 Å². The fraction of sp³-hybridized carbons (Fsp3) is 0.724. The highest BCUT2D eigenvalue weighted by Crippen LogP contribution is 2.45. The molecule has 4 aliphatic heterocycles. The minimum Gasteiger partial charge on any atom is -0.444 e. The van der Waals surface area contributed by atoms with Gasteiger partial charge in [0.2, 0.25) is 5.91 Å². The lowest BCUT2D eigenvalue weighted by Gasteiger charge is -2.43. The molecule has 36 heavy (non-hydrogen) atoms. The summed E-state index contributed by atoms with van der Waals surface area (Å²) >= 11 is 0. The summed E-state index contributed by atoms with van der Waals surface area (Å²) < 4.78 is 6.64. The van der Waals surface area contributed by atoms with Gasteiger partial charge in [-0.05, 0) is 65.5 Å². The van der Waals surface area contributed by atoms with Gasteiger partial charge in [0.05, 0.1) is 18.0 Å². The largest absolute Gasteiger partial charge is 0.444 e. The molecule has 1 aromatic rings. The van der Waals surface area contributed by atoms with E-state index in [2.05, 4.69) is 37.4 Å². The summed E-state index contributed by atoms with van der Waals surface area (Å²) in [5.74, 6) is 0.237. The number of benzene rings is 1. The molecule has 1 aromatic carbocycles. The normalized spacial score (nSPS) is 30.4. The second-order valence-corrected chi connectivity index (χ2v) is 12.7. The Bertz CT molecular complexity index is 1000. The van der Waals surface area contributed by atoms with E-state index in [1.54, 1.807) is 4.90 Å². The topological polar surface area (TPSA) is 61.9 Å². The SMILES string of the molecule is Cc1cc([N+]2(C3CCNC3)CCCC2C)ccc1N1CCC2(CCN(C(=O)OC(C)(C)C)CC2)C1=O. The van der Waals surface area contributed by atoms with E-state index in [9.17, 15) is 9.59 Å². The number of carbonyl (C=O) groups is 2. The monoisotopic (exact) mass is 497 g/mol. The molecule has 1 N–H and O–H groups in total. The number of carbonyl (C=O) groups excluding carboxylic acids is 2. The molecule has 0 radical (unpaired) electrons. The van der Waals surface area contributed by atoms with Crippen LogP contribution in [0.1, 0.15) is 71.8 Å². The Hall–Kier alpha value is -2.12. The number of ether oxygens (including phenoxy) is 1. The van der Waals surface area contributed by atoms with Gasteiger partial charge in [0.1, 0.15) is 17.3 Å². The van der Waals surface area contributed by atoms with Crippen LogP contribution in [0.2, 0.25) is 0 Å². The molecule has 0 bridgehead atoms. The molecule has 4 aliphatic rings. The Labute approximate surface area is 216 Å². The molecule has 1 spiro atoms. The zero-order chi connectivity index (χ0) is 25.7. The van der Waals surface area contributed by atoms with Crippen molar-refractivity contribution in [2.45, 2.75) is 90.8 Å². The maximum Gasteiger partial charge on any atom is 0.410 e. The van der Waals surface area contributed by atoms with Crippen molar-refractivity contribution in [2.75, 3.05) is 44.2 Å². The third-order valence-corrected chi connectivity index (χ3v) is 9.46. The van der Waals surface area contributed by atoms with E-state index in [4.69, 9.17) is 4.74 Å². The van der Waals surface area contributed by atoms with E-state index < -0.39 is 5.60 Å². The number of rotatable bonds is 3. The minimum absolute atomic E-state index is 0.237. The lowest BCUT2D eigenvalue weighted by atomic mass is 9.77.